The van der Waals surface area contributed by atoms with Crippen LogP contribution in [0.15, 0.2) is 17.4 Å². The topological polar surface area (TPSA) is 83.9 Å². The van der Waals surface area contributed by atoms with E-state index in [4.69, 9.17) is 0 Å². The molecule has 25 heavy (non-hydrogen) atoms. The summed E-state index contributed by atoms with van der Waals surface area (Å²) in [5.74, 6) is 1.16. The Morgan fingerprint density at radius 2 is 2.04 bits per heavy atom. The monoisotopic (exact) mass is 359 g/mol. The normalized spacial score (nSPS) is 17.2. The van der Waals surface area contributed by atoms with Gasteiger partial charge in [-0.15, -0.1) is 10.2 Å². The Balaban J connectivity index is 1.39. The molecule has 1 saturated heterocycles. The Morgan fingerprint density at radius 1 is 1.28 bits per heavy atom. The number of aryl methyl sites for hydroxylation is 1. The number of aromatic amines is 1. The number of carbonyl (C=O) groups excluding carboxylic acids is 2. The smallest absolute Gasteiger partial charge is 0.270 e. The third kappa shape index (κ3) is 3.35. The first-order valence-corrected chi connectivity index (χ1v) is 9.67. The van der Waals surface area contributed by atoms with Gasteiger partial charge in [0.15, 0.2) is 10.9 Å². The van der Waals surface area contributed by atoms with Gasteiger partial charge in [0.1, 0.15) is 11.5 Å². The van der Waals surface area contributed by atoms with E-state index in [0.717, 1.165) is 49.8 Å². The van der Waals surface area contributed by atoms with E-state index in [-0.39, 0.29) is 11.7 Å². The lowest BCUT2D eigenvalue weighted by atomic mass is 10.2. The lowest BCUT2D eigenvalue weighted by Gasteiger charge is -2.13. The van der Waals surface area contributed by atoms with Crippen LogP contribution < -0.4 is 0 Å². The number of ketones is 1. The van der Waals surface area contributed by atoms with Gasteiger partial charge in [0.05, 0.1) is 5.75 Å². The summed E-state index contributed by atoms with van der Waals surface area (Å²) in [6.45, 7) is 3.54. The van der Waals surface area contributed by atoms with Crippen LogP contribution in [-0.4, -0.2) is 55.2 Å². The van der Waals surface area contributed by atoms with Crippen LogP contribution in [0.4, 0.5) is 0 Å². The molecule has 4 rings (SSSR count). The van der Waals surface area contributed by atoms with Crippen molar-refractivity contribution in [1.82, 2.24) is 24.6 Å². The highest BCUT2D eigenvalue weighted by Crippen LogP contribution is 2.38. The number of carbonyl (C=O) groups is 2. The average molecular weight is 359 g/mol. The van der Waals surface area contributed by atoms with Gasteiger partial charge in [0.25, 0.3) is 5.91 Å². The maximum atomic E-state index is 12.5. The van der Waals surface area contributed by atoms with Crippen LogP contribution in [0.25, 0.3) is 0 Å². The van der Waals surface area contributed by atoms with Crippen molar-refractivity contribution in [3.05, 3.63) is 29.3 Å². The molecule has 1 N–H and O–H groups in total. The minimum Gasteiger partial charge on any atom is -0.356 e. The third-order valence-corrected chi connectivity index (χ3v) is 5.65. The Bertz CT molecular complexity index is 802. The Kier molecular flexibility index (Phi) is 4.37. The van der Waals surface area contributed by atoms with Crippen LogP contribution in [0.3, 0.4) is 0 Å². The summed E-state index contributed by atoms with van der Waals surface area (Å²) in [5.41, 5.74) is 1.04. The molecule has 1 aliphatic carbocycles. The second-order valence-electron chi connectivity index (χ2n) is 6.64. The minimum absolute atomic E-state index is 0.00952. The van der Waals surface area contributed by atoms with E-state index in [1.807, 2.05) is 11.8 Å². The van der Waals surface area contributed by atoms with Gasteiger partial charge in [0.2, 0.25) is 0 Å². The van der Waals surface area contributed by atoms with Crippen LogP contribution in [0.5, 0.6) is 0 Å². The number of nitrogens with zero attached hydrogens (tertiary/aromatic N) is 4. The van der Waals surface area contributed by atoms with Gasteiger partial charge in [-0.25, -0.2) is 0 Å². The van der Waals surface area contributed by atoms with Crippen LogP contribution in [0, 0.1) is 6.92 Å². The SMILES string of the molecule is Cc1nnc(SCC(=O)c2c[nH]c(C(=O)N3CCCC3)c2)n1C1CC1. The quantitative estimate of drug-likeness (QED) is 0.633. The van der Waals surface area contributed by atoms with Gasteiger partial charge in [0, 0.05) is 30.9 Å². The fourth-order valence-electron chi connectivity index (χ4n) is 3.18. The van der Waals surface area contributed by atoms with Crippen molar-refractivity contribution in [3.8, 4) is 0 Å². The first-order valence-electron chi connectivity index (χ1n) is 8.68. The molecule has 2 aromatic heterocycles. The summed E-state index contributed by atoms with van der Waals surface area (Å²) in [6.07, 6.45) is 6.04. The van der Waals surface area contributed by atoms with E-state index < -0.39 is 0 Å². The molecule has 0 atom stereocenters. The fourth-order valence-corrected chi connectivity index (χ4v) is 4.13. The summed E-state index contributed by atoms with van der Waals surface area (Å²) in [5, 5.41) is 9.11. The van der Waals surface area contributed by atoms with E-state index in [1.165, 1.54) is 11.8 Å². The molecule has 0 bridgehead atoms. The second-order valence-corrected chi connectivity index (χ2v) is 7.59. The number of nitrogens with one attached hydrogen (secondary N) is 1. The molecule has 3 heterocycles. The van der Waals surface area contributed by atoms with E-state index >= 15 is 0 Å². The summed E-state index contributed by atoms with van der Waals surface area (Å²) < 4.78 is 2.12. The van der Waals surface area contributed by atoms with Crippen LogP contribution in [0.1, 0.15) is 58.4 Å². The van der Waals surface area contributed by atoms with E-state index in [1.54, 1.807) is 12.3 Å². The van der Waals surface area contributed by atoms with Crippen LogP contribution >= 0.6 is 11.8 Å². The zero-order valence-electron chi connectivity index (χ0n) is 14.2. The predicted molar refractivity (Wildman–Crippen MR) is 94.0 cm³/mol. The maximum Gasteiger partial charge on any atom is 0.270 e. The van der Waals surface area contributed by atoms with Crippen molar-refractivity contribution in [1.29, 1.82) is 0 Å². The van der Waals surface area contributed by atoms with Crippen molar-refractivity contribution < 1.29 is 9.59 Å². The fraction of sp³-hybridized carbons (Fsp3) is 0.529. The third-order valence-electron chi connectivity index (χ3n) is 4.71. The summed E-state index contributed by atoms with van der Waals surface area (Å²) in [4.78, 5) is 29.6. The van der Waals surface area contributed by atoms with Gasteiger partial charge in [-0.05, 0) is 38.7 Å². The lowest BCUT2D eigenvalue weighted by Crippen LogP contribution is -2.27. The van der Waals surface area contributed by atoms with Crippen LogP contribution in [-0.2, 0) is 0 Å². The maximum absolute atomic E-state index is 12.5. The number of Topliss-reactive ketones (excluding diaryl/α,β-unsaturated/α-hetero) is 1. The number of aromatic nitrogens is 4. The summed E-state index contributed by atoms with van der Waals surface area (Å²) in [7, 11) is 0. The van der Waals surface area contributed by atoms with Crippen molar-refractivity contribution in [2.24, 2.45) is 0 Å². The number of thioether (sulfide) groups is 1. The zero-order valence-corrected chi connectivity index (χ0v) is 15.0. The molecule has 0 aromatic carbocycles. The molecule has 2 aromatic rings. The summed E-state index contributed by atoms with van der Waals surface area (Å²) >= 11 is 1.41. The number of rotatable bonds is 6. The largest absolute Gasteiger partial charge is 0.356 e. The first-order chi connectivity index (χ1) is 12.1. The highest BCUT2D eigenvalue weighted by molar-refractivity contribution is 7.99. The number of H-pyrrole nitrogens is 1. The molecule has 1 saturated carbocycles. The number of hydrogen-bond donors (Lipinski definition) is 1. The zero-order chi connectivity index (χ0) is 17.4. The second kappa shape index (κ2) is 6.67. The van der Waals surface area contributed by atoms with Gasteiger partial charge >= 0.3 is 0 Å². The van der Waals surface area contributed by atoms with Gasteiger partial charge in [-0.2, -0.15) is 0 Å². The molecule has 2 aliphatic rings. The molecule has 2 fully saturated rings. The molecule has 1 amide bonds. The summed E-state index contributed by atoms with van der Waals surface area (Å²) in [6, 6.07) is 2.16. The minimum atomic E-state index is -0.0201. The molecule has 1 aliphatic heterocycles. The van der Waals surface area contributed by atoms with E-state index in [0.29, 0.717) is 23.1 Å². The number of hydrogen-bond acceptors (Lipinski definition) is 5. The molecular weight excluding hydrogens is 338 g/mol. The van der Waals surface area contributed by atoms with E-state index in [2.05, 4.69) is 19.7 Å². The average Bonchev–Trinajstić information content (AvgIpc) is 3.06. The highest BCUT2D eigenvalue weighted by atomic mass is 32.2. The van der Waals surface area contributed by atoms with Gasteiger partial charge in [-0.3, -0.25) is 9.59 Å². The van der Waals surface area contributed by atoms with Crippen molar-refractivity contribution >= 4 is 23.5 Å². The molecule has 0 radical (unpaired) electrons. The predicted octanol–water partition coefficient (Wildman–Crippen LogP) is 2.46. The number of amides is 1. The Labute approximate surface area is 150 Å². The highest BCUT2D eigenvalue weighted by Gasteiger charge is 2.28. The molecule has 8 heteroatoms. The standard InChI is InChI=1S/C17H21N5O2S/c1-11-19-20-17(22(11)13-4-5-13)25-10-15(23)12-8-14(18-9-12)16(24)21-6-2-3-7-21/h8-9,13,18H,2-7,10H2,1H3. The van der Waals surface area contributed by atoms with Gasteiger partial charge < -0.3 is 14.5 Å². The van der Waals surface area contributed by atoms with E-state index in [9.17, 15) is 9.59 Å². The first kappa shape index (κ1) is 16.4. The molecule has 0 spiro atoms. The molecule has 132 valence electrons. The number of likely N-dealkylation sites (tertiary alicyclic amines) is 1. The van der Waals surface area contributed by atoms with Crippen molar-refractivity contribution in [2.75, 3.05) is 18.8 Å². The molecule has 7 nitrogen and oxygen atoms in total. The van der Waals surface area contributed by atoms with Crippen molar-refractivity contribution in [2.45, 2.75) is 43.8 Å². The molecular formula is C17H21N5O2S. The van der Waals surface area contributed by atoms with Crippen molar-refractivity contribution in [3.63, 3.8) is 0 Å². The lowest BCUT2D eigenvalue weighted by molar-refractivity contribution is 0.0787. The Hall–Kier alpha value is -2.09. The molecule has 0 unspecified atom stereocenters. The Morgan fingerprint density at radius 3 is 2.76 bits per heavy atom. The van der Waals surface area contributed by atoms with Gasteiger partial charge in [-0.1, -0.05) is 11.8 Å². The van der Waals surface area contributed by atoms with Crippen LogP contribution in [0.2, 0.25) is 0 Å².